The second-order valence-corrected chi connectivity index (χ2v) is 6.11. The van der Waals surface area contributed by atoms with E-state index in [0.717, 1.165) is 25.9 Å². The third-order valence-corrected chi connectivity index (χ3v) is 4.57. The molecule has 0 bridgehead atoms. The van der Waals surface area contributed by atoms with Crippen molar-refractivity contribution < 1.29 is 13.9 Å². The van der Waals surface area contributed by atoms with Gasteiger partial charge in [-0.15, -0.1) is 10.2 Å². The topological polar surface area (TPSA) is 71.7 Å². The van der Waals surface area contributed by atoms with Gasteiger partial charge in [-0.05, 0) is 26.3 Å². The molecule has 1 amide bonds. The summed E-state index contributed by atoms with van der Waals surface area (Å²) in [6.45, 7) is 8.33. The van der Waals surface area contributed by atoms with Crippen molar-refractivity contribution in [3.05, 3.63) is 11.8 Å². The van der Waals surface area contributed by atoms with Gasteiger partial charge < -0.3 is 14.1 Å². The van der Waals surface area contributed by atoms with Crippen molar-refractivity contribution in [3.63, 3.8) is 0 Å². The van der Waals surface area contributed by atoms with Crippen molar-refractivity contribution in [2.24, 2.45) is 5.92 Å². The molecule has 2 aliphatic heterocycles. The minimum absolute atomic E-state index is 0.0569. The molecular formula is C15H24N4O3. The molecule has 122 valence electrons. The molecule has 0 N–H and O–H groups in total. The van der Waals surface area contributed by atoms with Crippen LogP contribution in [0.4, 0.5) is 0 Å². The second kappa shape index (κ2) is 6.75. The molecule has 1 aromatic heterocycles. The van der Waals surface area contributed by atoms with Crippen LogP contribution in [0.1, 0.15) is 37.6 Å². The highest BCUT2D eigenvalue weighted by atomic mass is 16.5. The molecule has 2 fully saturated rings. The standard InChI is InChI=1S/C15H24N4O3/c1-11(14-17-16-12(2)22-14)19-5-3-4-13(10-19)15(20)18-6-8-21-9-7-18/h11,13H,3-10H2,1-2H3/t11-,13+/m0/s1. The summed E-state index contributed by atoms with van der Waals surface area (Å²) in [5, 5.41) is 8.01. The van der Waals surface area contributed by atoms with Crippen LogP contribution in [0.15, 0.2) is 4.42 Å². The number of aromatic nitrogens is 2. The van der Waals surface area contributed by atoms with Crippen LogP contribution in [0.25, 0.3) is 0 Å². The zero-order valence-corrected chi connectivity index (χ0v) is 13.3. The predicted molar refractivity (Wildman–Crippen MR) is 79.1 cm³/mol. The van der Waals surface area contributed by atoms with Crippen LogP contribution in [0.3, 0.4) is 0 Å². The Balaban J connectivity index is 1.62. The lowest BCUT2D eigenvalue weighted by molar-refractivity contribution is -0.141. The fourth-order valence-electron chi connectivity index (χ4n) is 3.24. The Morgan fingerprint density at radius 2 is 2.05 bits per heavy atom. The number of amides is 1. The van der Waals surface area contributed by atoms with E-state index in [0.29, 0.717) is 38.1 Å². The molecule has 3 rings (SSSR count). The first kappa shape index (κ1) is 15.4. The van der Waals surface area contributed by atoms with Gasteiger partial charge in [0.05, 0.1) is 25.2 Å². The minimum atomic E-state index is 0.0569. The molecule has 0 aromatic carbocycles. The number of carbonyl (C=O) groups is 1. The van der Waals surface area contributed by atoms with E-state index in [9.17, 15) is 4.79 Å². The molecule has 0 spiro atoms. The highest BCUT2D eigenvalue weighted by Crippen LogP contribution is 2.27. The number of nitrogens with zero attached hydrogens (tertiary/aromatic N) is 4. The summed E-state index contributed by atoms with van der Waals surface area (Å²) in [5.41, 5.74) is 0. The molecule has 2 atom stereocenters. The third-order valence-electron chi connectivity index (χ3n) is 4.57. The van der Waals surface area contributed by atoms with Crippen molar-refractivity contribution >= 4 is 5.91 Å². The minimum Gasteiger partial charge on any atom is -0.424 e. The average molecular weight is 308 g/mol. The zero-order valence-electron chi connectivity index (χ0n) is 13.3. The second-order valence-electron chi connectivity index (χ2n) is 6.11. The zero-order chi connectivity index (χ0) is 15.5. The molecule has 0 radical (unpaired) electrons. The van der Waals surface area contributed by atoms with E-state index >= 15 is 0 Å². The fourth-order valence-corrected chi connectivity index (χ4v) is 3.24. The molecule has 2 aliphatic rings. The van der Waals surface area contributed by atoms with Gasteiger partial charge in [0.15, 0.2) is 0 Å². The van der Waals surface area contributed by atoms with Gasteiger partial charge in [-0.3, -0.25) is 9.69 Å². The van der Waals surface area contributed by atoms with E-state index in [1.165, 1.54) is 0 Å². The predicted octanol–water partition coefficient (Wildman–Crippen LogP) is 1.01. The lowest BCUT2D eigenvalue weighted by atomic mass is 9.95. The SMILES string of the molecule is Cc1nnc([C@H](C)N2CCC[C@@H](C(=O)N3CCOCC3)C2)o1. The van der Waals surface area contributed by atoms with E-state index in [1.807, 2.05) is 4.90 Å². The fraction of sp³-hybridized carbons (Fsp3) is 0.800. The maximum Gasteiger partial charge on any atom is 0.233 e. The summed E-state index contributed by atoms with van der Waals surface area (Å²) in [6, 6.07) is 0.0569. The van der Waals surface area contributed by atoms with Crippen molar-refractivity contribution in [3.8, 4) is 0 Å². The molecule has 1 aromatic rings. The van der Waals surface area contributed by atoms with Crippen LogP contribution in [0.5, 0.6) is 0 Å². The van der Waals surface area contributed by atoms with E-state index in [1.54, 1.807) is 6.92 Å². The van der Waals surface area contributed by atoms with Gasteiger partial charge in [0.25, 0.3) is 0 Å². The van der Waals surface area contributed by atoms with Crippen LogP contribution in [0.2, 0.25) is 0 Å². The maximum atomic E-state index is 12.7. The number of likely N-dealkylation sites (tertiary alicyclic amines) is 1. The molecule has 7 nitrogen and oxygen atoms in total. The van der Waals surface area contributed by atoms with Crippen LogP contribution in [-0.4, -0.2) is 65.3 Å². The number of ether oxygens (including phenoxy) is 1. The smallest absolute Gasteiger partial charge is 0.233 e. The summed E-state index contributed by atoms with van der Waals surface area (Å²) < 4.78 is 10.9. The number of aryl methyl sites for hydroxylation is 1. The van der Waals surface area contributed by atoms with Crippen LogP contribution < -0.4 is 0 Å². The summed E-state index contributed by atoms with van der Waals surface area (Å²) in [7, 11) is 0. The molecule has 2 saturated heterocycles. The number of hydrogen-bond acceptors (Lipinski definition) is 6. The van der Waals surface area contributed by atoms with E-state index in [4.69, 9.17) is 9.15 Å². The van der Waals surface area contributed by atoms with Gasteiger partial charge in [-0.2, -0.15) is 0 Å². The Labute approximate surface area is 130 Å². The van der Waals surface area contributed by atoms with Gasteiger partial charge in [-0.25, -0.2) is 0 Å². The van der Waals surface area contributed by atoms with Gasteiger partial charge in [-0.1, -0.05) is 0 Å². The number of carbonyl (C=O) groups excluding carboxylic acids is 1. The van der Waals surface area contributed by atoms with E-state index in [2.05, 4.69) is 22.0 Å². The molecule has 22 heavy (non-hydrogen) atoms. The van der Waals surface area contributed by atoms with Crippen LogP contribution in [0, 0.1) is 12.8 Å². The molecular weight excluding hydrogens is 284 g/mol. The first-order valence-electron chi connectivity index (χ1n) is 8.05. The Hall–Kier alpha value is -1.47. The Kier molecular flexibility index (Phi) is 4.73. The van der Waals surface area contributed by atoms with Crippen molar-refractivity contribution in [2.45, 2.75) is 32.7 Å². The van der Waals surface area contributed by atoms with Crippen molar-refractivity contribution in [2.75, 3.05) is 39.4 Å². The molecule has 0 saturated carbocycles. The van der Waals surface area contributed by atoms with Gasteiger partial charge in [0, 0.05) is 26.6 Å². The van der Waals surface area contributed by atoms with Crippen LogP contribution >= 0.6 is 0 Å². The monoisotopic (exact) mass is 308 g/mol. The first-order chi connectivity index (χ1) is 10.6. The van der Waals surface area contributed by atoms with E-state index < -0.39 is 0 Å². The Morgan fingerprint density at radius 3 is 2.73 bits per heavy atom. The quantitative estimate of drug-likeness (QED) is 0.830. The van der Waals surface area contributed by atoms with Gasteiger partial charge >= 0.3 is 0 Å². The molecule has 3 heterocycles. The van der Waals surface area contributed by atoms with Gasteiger partial charge in [0.1, 0.15) is 0 Å². The average Bonchev–Trinajstić information content (AvgIpc) is 3.01. The van der Waals surface area contributed by atoms with Crippen molar-refractivity contribution in [1.29, 1.82) is 0 Å². The molecule has 7 heteroatoms. The normalized spacial score (nSPS) is 25.2. The third kappa shape index (κ3) is 3.30. The first-order valence-corrected chi connectivity index (χ1v) is 8.05. The molecule has 0 unspecified atom stereocenters. The number of piperidine rings is 1. The number of rotatable bonds is 3. The highest BCUT2D eigenvalue weighted by molar-refractivity contribution is 5.79. The maximum absolute atomic E-state index is 12.7. The highest BCUT2D eigenvalue weighted by Gasteiger charge is 2.33. The van der Waals surface area contributed by atoms with Crippen LogP contribution in [-0.2, 0) is 9.53 Å². The summed E-state index contributed by atoms with van der Waals surface area (Å²) >= 11 is 0. The summed E-state index contributed by atoms with van der Waals surface area (Å²) in [6.07, 6.45) is 1.99. The largest absolute Gasteiger partial charge is 0.424 e. The van der Waals surface area contributed by atoms with E-state index in [-0.39, 0.29) is 17.9 Å². The Morgan fingerprint density at radius 1 is 1.27 bits per heavy atom. The lowest BCUT2D eigenvalue weighted by Crippen LogP contribution is -2.48. The molecule has 0 aliphatic carbocycles. The Bertz CT molecular complexity index is 513. The lowest BCUT2D eigenvalue weighted by Gasteiger charge is -2.37. The van der Waals surface area contributed by atoms with Crippen molar-refractivity contribution in [1.82, 2.24) is 20.0 Å². The number of morpholine rings is 1. The number of hydrogen-bond donors (Lipinski definition) is 0. The van der Waals surface area contributed by atoms with Gasteiger partial charge in [0.2, 0.25) is 17.7 Å². The summed E-state index contributed by atoms with van der Waals surface area (Å²) in [5.74, 6) is 1.55. The summed E-state index contributed by atoms with van der Waals surface area (Å²) in [4.78, 5) is 16.9.